The molecule has 78 valence electrons. The van der Waals surface area contributed by atoms with Crippen molar-refractivity contribution in [3.05, 3.63) is 0 Å². The maximum absolute atomic E-state index is 10.9. The van der Waals surface area contributed by atoms with Crippen molar-refractivity contribution in [1.82, 2.24) is 8.43 Å². The molecule has 2 amide bonds. The second kappa shape index (κ2) is 3.47. The molecule has 0 saturated heterocycles. The van der Waals surface area contributed by atoms with E-state index in [1.54, 1.807) is 4.72 Å². The molecule has 0 unspecified atom stereocenters. The van der Waals surface area contributed by atoms with Crippen LogP contribution in [0.5, 0.6) is 0 Å². The van der Waals surface area contributed by atoms with Gasteiger partial charge in [-0.2, -0.15) is 13.1 Å². The number of carbonyl (C=O) groups excluding carboxylic acids is 1. The van der Waals surface area contributed by atoms with Crippen molar-refractivity contribution < 1.29 is 21.6 Å². The zero-order chi connectivity index (χ0) is 10.9. The Kier molecular flexibility index (Phi) is 3.24. The number of hydrogen-bond acceptors (Lipinski definition) is 5. The first-order chi connectivity index (χ1) is 5.63. The Morgan fingerprint density at radius 2 is 1.69 bits per heavy atom. The lowest BCUT2D eigenvalue weighted by Gasteiger charge is -2.15. The fraction of sp³-hybridized carbons (Fsp3) is 0.667. The Bertz CT molecular complexity index is 395. The van der Waals surface area contributed by atoms with Crippen LogP contribution < -0.4 is 10.5 Å². The van der Waals surface area contributed by atoms with Crippen molar-refractivity contribution in [1.29, 1.82) is 0 Å². The summed E-state index contributed by atoms with van der Waals surface area (Å²) >= 11 is 0. The molecule has 0 aliphatic carbocycles. The SMILES string of the molecule is CNS(=O)(=O)N(C(N)=O)S(C)(=O)=O. The number of urea groups is 1. The molecule has 0 fully saturated rings. The van der Waals surface area contributed by atoms with Crippen molar-refractivity contribution in [2.24, 2.45) is 5.73 Å². The van der Waals surface area contributed by atoms with E-state index in [2.05, 4.69) is 5.73 Å². The van der Waals surface area contributed by atoms with E-state index in [1.807, 2.05) is 0 Å². The summed E-state index contributed by atoms with van der Waals surface area (Å²) in [7, 11) is -7.67. The van der Waals surface area contributed by atoms with E-state index in [0.717, 1.165) is 7.05 Å². The molecule has 3 N–H and O–H groups in total. The summed E-state index contributed by atoms with van der Waals surface area (Å²) in [5, 5.41) is 0. The van der Waals surface area contributed by atoms with Crippen LogP contribution in [0, 0.1) is 0 Å². The minimum absolute atomic E-state index is 0.431. The van der Waals surface area contributed by atoms with Crippen LogP contribution in [0.1, 0.15) is 0 Å². The molecular formula is C3H9N3O5S2. The monoisotopic (exact) mass is 231 g/mol. The first kappa shape index (κ1) is 12.1. The summed E-state index contributed by atoms with van der Waals surface area (Å²) < 4.78 is 44.6. The summed E-state index contributed by atoms with van der Waals surface area (Å²) in [4.78, 5) is 10.5. The molecule has 8 nitrogen and oxygen atoms in total. The standard InChI is InChI=1S/C3H9N3O5S2/c1-5-13(10,11)6(3(4)7)12(2,8)9/h5H,1-2H3,(H2,4,7). The van der Waals surface area contributed by atoms with Gasteiger partial charge in [0.15, 0.2) is 0 Å². The van der Waals surface area contributed by atoms with Crippen LogP contribution in [0.3, 0.4) is 0 Å². The zero-order valence-corrected chi connectivity index (χ0v) is 8.52. The van der Waals surface area contributed by atoms with Crippen LogP contribution in [-0.4, -0.2) is 39.9 Å². The number of carbonyl (C=O) groups is 1. The van der Waals surface area contributed by atoms with E-state index in [9.17, 15) is 21.6 Å². The van der Waals surface area contributed by atoms with E-state index < -0.39 is 30.0 Å². The van der Waals surface area contributed by atoms with E-state index in [1.165, 1.54) is 0 Å². The second-order valence-electron chi connectivity index (χ2n) is 2.01. The van der Waals surface area contributed by atoms with Gasteiger partial charge in [0.05, 0.1) is 6.26 Å². The molecule has 0 spiro atoms. The fourth-order valence-electron chi connectivity index (χ4n) is 0.543. The maximum Gasteiger partial charge on any atom is 0.343 e. The highest BCUT2D eigenvalue weighted by atomic mass is 32.3. The van der Waals surface area contributed by atoms with Crippen molar-refractivity contribution in [2.75, 3.05) is 13.3 Å². The van der Waals surface area contributed by atoms with Gasteiger partial charge in [-0.05, 0) is 0 Å². The van der Waals surface area contributed by atoms with E-state index >= 15 is 0 Å². The summed E-state index contributed by atoms with van der Waals surface area (Å²) in [6, 6.07) is -1.59. The maximum atomic E-state index is 10.9. The molecule has 10 heteroatoms. The van der Waals surface area contributed by atoms with Gasteiger partial charge in [0.25, 0.3) is 0 Å². The predicted molar refractivity (Wildman–Crippen MR) is 44.2 cm³/mol. The average Bonchev–Trinajstić information content (AvgIpc) is 1.82. The van der Waals surface area contributed by atoms with Crippen molar-refractivity contribution in [3.63, 3.8) is 0 Å². The average molecular weight is 231 g/mol. The van der Waals surface area contributed by atoms with Crippen molar-refractivity contribution >= 4 is 26.3 Å². The van der Waals surface area contributed by atoms with Crippen LogP contribution in [0.2, 0.25) is 0 Å². The van der Waals surface area contributed by atoms with Crippen LogP contribution in [0.4, 0.5) is 4.79 Å². The lowest BCUT2D eigenvalue weighted by Crippen LogP contribution is -2.48. The molecule has 0 aromatic rings. The molecular weight excluding hydrogens is 222 g/mol. The lowest BCUT2D eigenvalue weighted by atomic mass is 11.2. The first-order valence-corrected chi connectivity index (χ1v) is 6.15. The number of primary amides is 1. The molecule has 0 aliphatic rings. The summed E-state index contributed by atoms with van der Waals surface area (Å²) in [5.41, 5.74) is 4.57. The highest BCUT2D eigenvalue weighted by molar-refractivity contribution is 8.03. The predicted octanol–water partition coefficient (Wildman–Crippen LogP) is -2.21. The normalized spacial score (nSPS) is 12.5. The smallest absolute Gasteiger partial charge is 0.343 e. The Balaban J connectivity index is 5.47. The highest BCUT2D eigenvalue weighted by Gasteiger charge is 2.32. The molecule has 0 aromatic heterocycles. The Morgan fingerprint density at radius 3 is 1.77 bits per heavy atom. The topological polar surface area (TPSA) is 127 Å². The lowest BCUT2D eigenvalue weighted by molar-refractivity contribution is 0.244. The van der Waals surface area contributed by atoms with Gasteiger partial charge in [-0.1, -0.05) is 3.71 Å². The molecule has 0 saturated carbocycles. The van der Waals surface area contributed by atoms with Gasteiger partial charge in [-0.25, -0.2) is 13.2 Å². The van der Waals surface area contributed by atoms with Crippen LogP contribution in [0.15, 0.2) is 0 Å². The summed E-state index contributed by atoms with van der Waals surface area (Å²) in [6.45, 7) is 0. The van der Waals surface area contributed by atoms with Crippen molar-refractivity contribution in [2.45, 2.75) is 0 Å². The van der Waals surface area contributed by atoms with Crippen molar-refractivity contribution in [3.8, 4) is 0 Å². The highest BCUT2D eigenvalue weighted by Crippen LogP contribution is 2.03. The minimum Gasteiger partial charge on any atom is -0.350 e. The zero-order valence-electron chi connectivity index (χ0n) is 6.88. The van der Waals surface area contributed by atoms with Gasteiger partial charge in [-0.3, -0.25) is 0 Å². The molecule has 0 rings (SSSR count). The van der Waals surface area contributed by atoms with Gasteiger partial charge in [0, 0.05) is 7.05 Å². The number of sulfonamides is 1. The van der Waals surface area contributed by atoms with E-state index in [4.69, 9.17) is 0 Å². The third-order valence-electron chi connectivity index (χ3n) is 0.957. The van der Waals surface area contributed by atoms with Crippen LogP contribution in [-0.2, 0) is 20.2 Å². The van der Waals surface area contributed by atoms with Gasteiger partial charge in [0.2, 0.25) is 10.0 Å². The third-order valence-corrected chi connectivity index (χ3v) is 4.27. The number of nitrogens with two attached hydrogens (primary N) is 1. The Morgan fingerprint density at radius 1 is 1.31 bits per heavy atom. The molecule has 13 heavy (non-hydrogen) atoms. The Labute approximate surface area is 75.9 Å². The first-order valence-electron chi connectivity index (χ1n) is 2.86. The fourth-order valence-corrected chi connectivity index (χ4v) is 2.92. The summed E-state index contributed by atoms with van der Waals surface area (Å²) in [6.07, 6.45) is 0.548. The van der Waals surface area contributed by atoms with Gasteiger partial charge >= 0.3 is 16.2 Å². The number of nitrogens with zero attached hydrogens (tertiary/aromatic N) is 1. The molecule has 0 aromatic carbocycles. The van der Waals surface area contributed by atoms with E-state index in [-0.39, 0.29) is 0 Å². The molecule has 0 radical (unpaired) electrons. The van der Waals surface area contributed by atoms with Crippen LogP contribution >= 0.6 is 0 Å². The number of nitrogens with one attached hydrogen (secondary N) is 1. The molecule has 0 heterocycles. The van der Waals surface area contributed by atoms with E-state index in [0.29, 0.717) is 6.26 Å². The third kappa shape index (κ3) is 2.82. The van der Waals surface area contributed by atoms with Gasteiger partial charge in [0.1, 0.15) is 0 Å². The number of amides is 2. The largest absolute Gasteiger partial charge is 0.350 e. The minimum atomic E-state index is -4.40. The molecule has 0 bridgehead atoms. The summed E-state index contributed by atoms with van der Waals surface area (Å²) in [5.74, 6) is 0. The Hall–Kier alpha value is -0.870. The second-order valence-corrected chi connectivity index (χ2v) is 5.79. The number of rotatable bonds is 3. The molecule has 0 atom stereocenters. The molecule has 0 aliphatic heterocycles. The van der Waals surface area contributed by atoms with Crippen LogP contribution in [0.25, 0.3) is 0 Å². The quantitative estimate of drug-likeness (QED) is 0.569. The van der Waals surface area contributed by atoms with Gasteiger partial charge in [-0.15, -0.1) is 0 Å². The van der Waals surface area contributed by atoms with Gasteiger partial charge < -0.3 is 5.73 Å². The number of hydrogen-bond donors (Lipinski definition) is 2.